The molecule has 0 saturated heterocycles. The van der Waals surface area contributed by atoms with Gasteiger partial charge in [0, 0.05) is 0 Å². The summed E-state index contributed by atoms with van der Waals surface area (Å²) < 4.78 is 11.4. The molecule has 0 unspecified atom stereocenters. The Morgan fingerprint density at radius 3 is 1.58 bits per heavy atom. The molecule has 2 heteroatoms. The molecule has 0 aliphatic heterocycles. The molecule has 0 rings (SSSR count). The third-order valence-corrected chi connectivity index (χ3v) is 3.94. The van der Waals surface area contributed by atoms with Crippen molar-refractivity contribution < 1.29 is 4.46 Å². The van der Waals surface area contributed by atoms with Crippen LogP contribution in [-0.4, -0.2) is 8.68 Å². The molecule has 12 heavy (non-hydrogen) atoms. The first-order chi connectivity index (χ1) is 5.81. The van der Waals surface area contributed by atoms with Crippen LogP contribution in [0.1, 0.15) is 52.4 Å². The lowest BCUT2D eigenvalue weighted by atomic mass is 10.3. The highest BCUT2D eigenvalue weighted by Gasteiger charge is 2.03. The average Bonchev–Trinajstić information content (AvgIpc) is 2.06. The molecule has 0 radical (unpaired) electrons. The summed E-state index contributed by atoms with van der Waals surface area (Å²) in [6.45, 7) is 4.38. The van der Waals surface area contributed by atoms with E-state index in [4.69, 9.17) is 0 Å². The van der Waals surface area contributed by atoms with Crippen molar-refractivity contribution in [3.05, 3.63) is 0 Å². The predicted octanol–water partition coefficient (Wildman–Crippen LogP) is 3.79. The quantitative estimate of drug-likeness (QED) is 0.416. The van der Waals surface area contributed by atoms with Gasteiger partial charge in [0.25, 0.3) is 8.68 Å². The van der Waals surface area contributed by atoms with Gasteiger partial charge in [-0.2, -0.15) is 0 Å². The first kappa shape index (κ1) is 12.0. The fourth-order valence-electron chi connectivity index (χ4n) is 1.27. The molecular formula is C10H22OSi. The molecular weight excluding hydrogens is 164 g/mol. The fraction of sp³-hybridized carbons (Fsp3) is 1.00. The molecule has 0 saturated carbocycles. The van der Waals surface area contributed by atoms with Crippen LogP contribution in [0.5, 0.6) is 0 Å². The van der Waals surface area contributed by atoms with Gasteiger partial charge in [-0.1, -0.05) is 39.5 Å². The van der Waals surface area contributed by atoms with Gasteiger partial charge in [0.2, 0.25) is 0 Å². The Balaban J connectivity index is 3.10. The van der Waals surface area contributed by atoms with E-state index >= 15 is 0 Å². The topological polar surface area (TPSA) is 17.1 Å². The van der Waals surface area contributed by atoms with Crippen molar-refractivity contribution >= 4 is 8.68 Å². The van der Waals surface area contributed by atoms with Gasteiger partial charge in [0.1, 0.15) is 0 Å². The minimum Gasteiger partial charge on any atom is -0.388 e. The maximum Gasteiger partial charge on any atom is 0.276 e. The molecule has 0 bridgehead atoms. The van der Waals surface area contributed by atoms with Crippen LogP contribution >= 0.6 is 0 Å². The van der Waals surface area contributed by atoms with Gasteiger partial charge >= 0.3 is 0 Å². The molecule has 0 amide bonds. The highest BCUT2D eigenvalue weighted by molar-refractivity contribution is 6.42. The second kappa shape index (κ2) is 9.11. The average molecular weight is 186 g/mol. The Bertz CT molecular complexity index is 100. The summed E-state index contributed by atoms with van der Waals surface area (Å²) >= 11 is 0. The van der Waals surface area contributed by atoms with Crippen molar-refractivity contribution in [2.75, 3.05) is 0 Å². The molecule has 0 aromatic carbocycles. The smallest absolute Gasteiger partial charge is 0.276 e. The largest absolute Gasteiger partial charge is 0.388 e. The van der Waals surface area contributed by atoms with Crippen LogP contribution in [0.4, 0.5) is 0 Å². The summed E-state index contributed by atoms with van der Waals surface area (Å²) in [6.07, 6.45) is 7.35. The Hall–Kier alpha value is 0.0169. The molecule has 0 aliphatic carbocycles. The summed E-state index contributed by atoms with van der Waals surface area (Å²) in [7, 11) is -1.18. The summed E-state index contributed by atoms with van der Waals surface area (Å²) in [5.74, 6) is 0. The zero-order chi connectivity index (χ0) is 9.23. The van der Waals surface area contributed by atoms with Crippen LogP contribution in [-0.2, 0) is 4.46 Å². The van der Waals surface area contributed by atoms with Gasteiger partial charge in [-0.3, -0.25) is 0 Å². The molecule has 0 heterocycles. The SMILES string of the molecule is CCCCC[Si](=O)CCCCC. The fourth-order valence-corrected chi connectivity index (χ4v) is 2.81. The summed E-state index contributed by atoms with van der Waals surface area (Å²) in [5, 5.41) is 0. The van der Waals surface area contributed by atoms with E-state index in [-0.39, 0.29) is 0 Å². The van der Waals surface area contributed by atoms with Crippen LogP contribution in [0.25, 0.3) is 0 Å². The lowest BCUT2D eigenvalue weighted by Crippen LogP contribution is -1.98. The first-order valence-electron chi connectivity index (χ1n) is 5.33. The Kier molecular flexibility index (Phi) is 9.12. The minimum atomic E-state index is -1.18. The van der Waals surface area contributed by atoms with E-state index in [0.717, 1.165) is 12.1 Å². The summed E-state index contributed by atoms with van der Waals surface area (Å²) in [6, 6.07) is 2.00. The Morgan fingerprint density at radius 1 is 0.833 bits per heavy atom. The van der Waals surface area contributed by atoms with E-state index in [0.29, 0.717) is 0 Å². The van der Waals surface area contributed by atoms with Gasteiger partial charge in [-0.15, -0.1) is 0 Å². The molecule has 0 aromatic heterocycles. The number of rotatable bonds is 8. The van der Waals surface area contributed by atoms with Gasteiger partial charge in [0.05, 0.1) is 0 Å². The Labute approximate surface area is 78.2 Å². The first-order valence-corrected chi connectivity index (χ1v) is 7.15. The molecule has 0 fully saturated rings. The molecule has 0 aromatic rings. The highest BCUT2D eigenvalue weighted by atomic mass is 28.3. The van der Waals surface area contributed by atoms with Crippen molar-refractivity contribution in [2.24, 2.45) is 0 Å². The van der Waals surface area contributed by atoms with Crippen LogP contribution in [0.2, 0.25) is 12.1 Å². The lowest BCUT2D eigenvalue weighted by molar-refractivity contribution is 0.550. The van der Waals surface area contributed by atoms with Crippen LogP contribution in [0, 0.1) is 0 Å². The molecule has 0 atom stereocenters. The van der Waals surface area contributed by atoms with Crippen LogP contribution < -0.4 is 0 Å². The maximum atomic E-state index is 11.4. The molecule has 72 valence electrons. The zero-order valence-electron chi connectivity index (χ0n) is 8.57. The lowest BCUT2D eigenvalue weighted by Gasteiger charge is -1.97. The number of hydrogen-bond acceptors (Lipinski definition) is 1. The second-order valence-corrected chi connectivity index (χ2v) is 5.53. The van der Waals surface area contributed by atoms with Gasteiger partial charge in [0.15, 0.2) is 0 Å². The monoisotopic (exact) mass is 186 g/mol. The summed E-state index contributed by atoms with van der Waals surface area (Å²) in [4.78, 5) is 0. The number of unbranched alkanes of at least 4 members (excludes halogenated alkanes) is 4. The van der Waals surface area contributed by atoms with E-state index in [1.165, 1.54) is 38.5 Å². The van der Waals surface area contributed by atoms with Gasteiger partial charge in [-0.25, -0.2) is 0 Å². The van der Waals surface area contributed by atoms with Gasteiger partial charge in [-0.05, 0) is 24.9 Å². The molecule has 1 nitrogen and oxygen atoms in total. The Morgan fingerprint density at radius 2 is 1.25 bits per heavy atom. The predicted molar refractivity (Wildman–Crippen MR) is 55.1 cm³/mol. The highest BCUT2D eigenvalue weighted by Crippen LogP contribution is 2.06. The van der Waals surface area contributed by atoms with Crippen molar-refractivity contribution in [3.63, 3.8) is 0 Å². The van der Waals surface area contributed by atoms with E-state index < -0.39 is 8.68 Å². The third-order valence-electron chi connectivity index (χ3n) is 2.12. The van der Waals surface area contributed by atoms with Gasteiger partial charge < -0.3 is 4.46 Å². The van der Waals surface area contributed by atoms with E-state index in [1.807, 2.05) is 0 Å². The molecule has 0 N–H and O–H groups in total. The molecule has 0 aliphatic rings. The summed E-state index contributed by atoms with van der Waals surface area (Å²) in [5.41, 5.74) is 0. The third kappa shape index (κ3) is 8.12. The normalized spacial score (nSPS) is 10.2. The number of hydrogen-bond donors (Lipinski definition) is 0. The zero-order valence-corrected chi connectivity index (χ0v) is 9.57. The van der Waals surface area contributed by atoms with Crippen molar-refractivity contribution in [3.8, 4) is 0 Å². The van der Waals surface area contributed by atoms with Crippen LogP contribution in [0.3, 0.4) is 0 Å². The maximum absolute atomic E-state index is 11.4. The van der Waals surface area contributed by atoms with Crippen molar-refractivity contribution in [1.29, 1.82) is 0 Å². The van der Waals surface area contributed by atoms with Crippen molar-refractivity contribution in [2.45, 2.75) is 64.5 Å². The van der Waals surface area contributed by atoms with E-state index in [2.05, 4.69) is 13.8 Å². The van der Waals surface area contributed by atoms with Crippen molar-refractivity contribution in [1.82, 2.24) is 0 Å². The van der Waals surface area contributed by atoms with E-state index in [1.54, 1.807) is 0 Å². The standard InChI is InChI=1S/C10H22OSi/c1-3-5-7-9-12(11)10-8-6-4-2/h3-10H2,1-2H3. The molecule has 0 spiro atoms. The second-order valence-electron chi connectivity index (χ2n) is 3.45. The minimum absolute atomic E-state index is 1.00. The van der Waals surface area contributed by atoms with Crippen LogP contribution in [0.15, 0.2) is 0 Å². The van der Waals surface area contributed by atoms with E-state index in [9.17, 15) is 4.46 Å².